The van der Waals surface area contributed by atoms with Crippen LogP contribution in [0.3, 0.4) is 0 Å². The molecule has 3 heterocycles. The number of hydrogen-bond acceptors (Lipinski definition) is 5. The molecule has 150 valence electrons. The Balaban J connectivity index is 1.48. The molecule has 1 fully saturated rings. The summed E-state index contributed by atoms with van der Waals surface area (Å²) in [5.41, 5.74) is 1.42. The van der Waals surface area contributed by atoms with Crippen LogP contribution in [-0.4, -0.2) is 35.7 Å². The summed E-state index contributed by atoms with van der Waals surface area (Å²) in [6, 6.07) is 10.6. The highest BCUT2D eigenvalue weighted by atomic mass is 16.5. The van der Waals surface area contributed by atoms with E-state index in [-0.39, 0.29) is 11.5 Å². The summed E-state index contributed by atoms with van der Waals surface area (Å²) in [4.78, 5) is 30.5. The fourth-order valence-corrected chi connectivity index (χ4v) is 3.54. The average molecular weight is 393 g/mol. The number of nitrogens with zero attached hydrogens (tertiary/aromatic N) is 3. The van der Waals surface area contributed by atoms with Crippen LogP contribution in [0.2, 0.25) is 0 Å². The van der Waals surface area contributed by atoms with Crippen LogP contribution in [0, 0.1) is 0 Å². The van der Waals surface area contributed by atoms with Gasteiger partial charge in [0, 0.05) is 42.9 Å². The molecule has 1 amide bonds. The van der Waals surface area contributed by atoms with Crippen LogP contribution in [0.1, 0.15) is 19.3 Å². The van der Waals surface area contributed by atoms with Crippen molar-refractivity contribution < 1.29 is 14.3 Å². The smallest absolute Gasteiger partial charge is 0.250 e. The number of hydrogen-bond donors (Lipinski definition) is 0. The van der Waals surface area contributed by atoms with Crippen molar-refractivity contribution in [2.24, 2.45) is 0 Å². The zero-order valence-corrected chi connectivity index (χ0v) is 16.3. The van der Waals surface area contributed by atoms with E-state index in [1.807, 2.05) is 18.2 Å². The second-order valence-electron chi connectivity index (χ2n) is 6.96. The molecule has 1 aliphatic heterocycles. The van der Waals surface area contributed by atoms with Crippen molar-refractivity contribution in [1.29, 1.82) is 0 Å². The summed E-state index contributed by atoms with van der Waals surface area (Å²) in [6.45, 7) is 1.40. The minimum Gasteiger partial charge on any atom is -0.497 e. The Bertz CT molecular complexity index is 1090. The lowest BCUT2D eigenvalue weighted by Gasteiger charge is -2.27. The molecular weight excluding hydrogens is 370 g/mol. The highest BCUT2D eigenvalue weighted by Gasteiger charge is 2.20. The van der Waals surface area contributed by atoms with E-state index in [4.69, 9.17) is 9.47 Å². The minimum absolute atomic E-state index is 0.108. The predicted octanol–water partition coefficient (Wildman–Crippen LogP) is 3.00. The second-order valence-corrected chi connectivity index (χ2v) is 6.96. The molecule has 0 radical (unpaired) electrons. The highest BCUT2D eigenvalue weighted by molar-refractivity contribution is 5.93. The van der Waals surface area contributed by atoms with Gasteiger partial charge in [-0.25, -0.2) is 0 Å². The van der Waals surface area contributed by atoms with Gasteiger partial charge >= 0.3 is 0 Å². The molecule has 1 aromatic carbocycles. The van der Waals surface area contributed by atoms with Gasteiger partial charge in [0.25, 0.3) is 5.56 Å². The third-order valence-corrected chi connectivity index (χ3v) is 5.10. The molecule has 4 rings (SSSR count). The Morgan fingerprint density at radius 1 is 1.10 bits per heavy atom. The normalized spacial score (nSPS) is 14.2. The van der Waals surface area contributed by atoms with E-state index in [0.29, 0.717) is 31.9 Å². The van der Waals surface area contributed by atoms with Gasteiger partial charge in [-0.05, 0) is 37.1 Å². The van der Waals surface area contributed by atoms with Crippen molar-refractivity contribution in [2.45, 2.75) is 25.8 Å². The van der Waals surface area contributed by atoms with Crippen molar-refractivity contribution in [3.63, 3.8) is 0 Å². The first-order chi connectivity index (χ1) is 14.2. The molecule has 7 nitrogen and oxygen atoms in total. The topological polar surface area (TPSA) is 73.7 Å². The van der Waals surface area contributed by atoms with Gasteiger partial charge in [-0.15, -0.1) is 0 Å². The van der Waals surface area contributed by atoms with E-state index < -0.39 is 0 Å². The maximum absolute atomic E-state index is 12.2. The summed E-state index contributed by atoms with van der Waals surface area (Å²) in [7, 11) is 1.62. The number of carbonyl (C=O) groups excluding carboxylic acids is 1. The lowest BCUT2D eigenvalue weighted by Crippen LogP contribution is -2.36. The van der Waals surface area contributed by atoms with Crippen LogP contribution >= 0.6 is 0 Å². The van der Waals surface area contributed by atoms with Crippen LogP contribution < -0.4 is 19.9 Å². The molecule has 7 heteroatoms. The Hall–Kier alpha value is -3.35. The van der Waals surface area contributed by atoms with Gasteiger partial charge in [0.05, 0.1) is 24.9 Å². The first-order valence-electron chi connectivity index (χ1n) is 9.72. The molecule has 0 unspecified atom stereocenters. The van der Waals surface area contributed by atoms with Crippen LogP contribution in [0.15, 0.2) is 53.6 Å². The van der Waals surface area contributed by atoms with Gasteiger partial charge in [0.2, 0.25) is 5.91 Å². The van der Waals surface area contributed by atoms with Gasteiger partial charge in [0.15, 0.2) is 0 Å². The van der Waals surface area contributed by atoms with E-state index in [1.54, 1.807) is 41.1 Å². The fourth-order valence-electron chi connectivity index (χ4n) is 3.54. The molecule has 0 aliphatic carbocycles. The molecule has 1 aliphatic rings. The Morgan fingerprint density at radius 3 is 2.83 bits per heavy atom. The SMILES string of the molecule is COc1ccc2c(OCCn3cc(N4CCCCC4=O)ccc3=O)ccnc2c1. The van der Waals surface area contributed by atoms with Crippen molar-refractivity contribution in [3.05, 3.63) is 59.1 Å². The Kier molecular flexibility index (Phi) is 5.46. The number of rotatable bonds is 6. The lowest BCUT2D eigenvalue weighted by atomic mass is 10.1. The van der Waals surface area contributed by atoms with Gasteiger partial charge in [-0.3, -0.25) is 14.6 Å². The number of anilines is 1. The van der Waals surface area contributed by atoms with E-state index in [9.17, 15) is 9.59 Å². The number of ether oxygens (including phenoxy) is 2. The summed E-state index contributed by atoms with van der Waals surface area (Å²) in [5, 5.41) is 0.883. The molecule has 0 spiro atoms. The Morgan fingerprint density at radius 2 is 2.00 bits per heavy atom. The number of methoxy groups -OCH3 is 1. The molecule has 0 saturated carbocycles. The molecule has 0 atom stereocenters. The molecule has 0 N–H and O–H groups in total. The molecule has 1 saturated heterocycles. The van der Waals surface area contributed by atoms with E-state index in [2.05, 4.69) is 4.98 Å². The lowest BCUT2D eigenvalue weighted by molar-refractivity contribution is -0.119. The van der Waals surface area contributed by atoms with E-state index in [1.165, 1.54) is 6.07 Å². The van der Waals surface area contributed by atoms with Crippen LogP contribution in [0.5, 0.6) is 11.5 Å². The zero-order valence-electron chi connectivity index (χ0n) is 16.3. The third-order valence-electron chi connectivity index (χ3n) is 5.10. The largest absolute Gasteiger partial charge is 0.497 e. The van der Waals surface area contributed by atoms with Crippen molar-refractivity contribution in [3.8, 4) is 11.5 Å². The number of aromatic nitrogens is 2. The van der Waals surface area contributed by atoms with Crippen LogP contribution in [0.4, 0.5) is 5.69 Å². The van der Waals surface area contributed by atoms with Gasteiger partial charge in [0.1, 0.15) is 18.1 Å². The van der Waals surface area contributed by atoms with Gasteiger partial charge < -0.3 is 18.9 Å². The summed E-state index contributed by atoms with van der Waals surface area (Å²) < 4.78 is 12.8. The Labute approximate surface area is 168 Å². The molecular formula is C22H23N3O4. The van der Waals surface area contributed by atoms with Crippen molar-refractivity contribution in [1.82, 2.24) is 9.55 Å². The number of piperidine rings is 1. The number of carbonyl (C=O) groups is 1. The number of pyridine rings is 2. The third kappa shape index (κ3) is 4.08. The maximum atomic E-state index is 12.2. The fraction of sp³-hybridized carbons (Fsp3) is 0.318. The monoisotopic (exact) mass is 393 g/mol. The summed E-state index contributed by atoms with van der Waals surface area (Å²) in [5.74, 6) is 1.54. The van der Waals surface area contributed by atoms with Crippen LogP contribution in [0.25, 0.3) is 10.9 Å². The second kappa shape index (κ2) is 8.34. The number of fused-ring (bicyclic) bond motifs is 1. The van der Waals surface area contributed by atoms with Crippen molar-refractivity contribution in [2.75, 3.05) is 25.2 Å². The van der Waals surface area contributed by atoms with Crippen molar-refractivity contribution >= 4 is 22.5 Å². The van der Waals surface area contributed by atoms with E-state index in [0.717, 1.165) is 35.2 Å². The highest BCUT2D eigenvalue weighted by Crippen LogP contribution is 2.27. The summed E-state index contributed by atoms with van der Waals surface area (Å²) in [6.07, 6.45) is 5.89. The standard InChI is InChI=1S/C22H23N3O4/c1-28-17-6-7-18-19(14-17)23-10-9-20(18)29-13-12-24-15-16(5-8-21(24)26)25-11-3-2-4-22(25)27/h5-10,14-15H,2-4,11-13H2,1H3. The molecule has 3 aromatic rings. The molecule has 29 heavy (non-hydrogen) atoms. The molecule has 2 aromatic heterocycles. The minimum atomic E-state index is -0.119. The average Bonchev–Trinajstić information content (AvgIpc) is 2.75. The quantitative estimate of drug-likeness (QED) is 0.644. The zero-order chi connectivity index (χ0) is 20.2. The van der Waals surface area contributed by atoms with E-state index >= 15 is 0 Å². The number of benzene rings is 1. The summed E-state index contributed by atoms with van der Waals surface area (Å²) >= 11 is 0. The first kappa shape index (κ1) is 19.0. The molecule has 0 bridgehead atoms. The first-order valence-corrected chi connectivity index (χ1v) is 9.72. The maximum Gasteiger partial charge on any atom is 0.250 e. The number of amides is 1. The predicted molar refractivity (Wildman–Crippen MR) is 111 cm³/mol. The van der Waals surface area contributed by atoms with Crippen LogP contribution in [-0.2, 0) is 11.3 Å². The van der Waals surface area contributed by atoms with Gasteiger partial charge in [-0.2, -0.15) is 0 Å². The van der Waals surface area contributed by atoms with Gasteiger partial charge in [-0.1, -0.05) is 0 Å².